The van der Waals surface area contributed by atoms with Crippen LogP contribution in [0.3, 0.4) is 0 Å². The molecule has 98 valence electrons. The summed E-state index contributed by atoms with van der Waals surface area (Å²) >= 11 is 2.93. The van der Waals surface area contributed by atoms with Crippen molar-refractivity contribution in [2.24, 2.45) is 0 Å². The quantitative estimate of drug-likeness (QED) is 0.709. The van der Waals surface area contributed by atoms with Crippen molar-refractivity contribution in [1.29, 1.82) is 0 Å². The molecule has 2 aromatic heterocycles. The minimum Gasteiger partial charge on any atom is -0.396 e. The minimum absolute atomic E-state index is 0.227. The van der Waals surface area contributed by atoms with Crippen LogP contribution in [-0.2, 0) is 0 Å². The smallest absolute Gasteiger partial charge is 0.149 e. The number of nitrogens with one attached hydrogen (secondary N) is 1. The Balaban J connectivity index is 2.12. The first-order valence-corrected chi connectivity index (χ1v) is 7.40. The van der Waals surface area contributed by atoms with E-state index >= 15 is 0 Å². The Labute approximate surface area is 114 Å². The van der Waals surface area contributed by atoms with Gasteiger partial charge in [0, 0.05) is 24.2 Å². The Morgan fingerprint density at radius 1 is 1.44 bits per heavy atom. The van der Waals surface area contributed by atoms with Crippen molar-refractivity contribution in [3.05, 3.63) is 11.1 Å². The molecule has 2 rings (SSSR count). The molecule has 0 unspecified atom stereocenters. The number of nitrogens with zero attached hydrogens (tertiary/aromatic N) is 2. The van der Waals surface area contributed by atoms with Crippen molar-refractivity contribution in [1.82, 2.24) is 9.36 Å². The zero-order chi connectivity index (χ0) is 13.0. The number of aromatic nitrogens is 2. The van der Waals surface area contributed by atoms with Gasteiger partial charge in [0.15, 0.2) is 0 Å². The lowest BCUT2D eigenvalue weighted by Crippen LogP contribution is -2.02. The molecular formula is C11H16N4OS2. The fourth-order valence-corrected chi connectivity index (χ4v) is 3.20. The number of aliphatic hydroxyl groups is 1. The molecule has 0 aliphatic carbocycles. The van der Waals surface area contributed by atoms with Crippen LogP contribution < -0.4 is 11.1 Å². The normalized spacial score (nSPS) is 10.8. The highest BCUT2D eigenvalue weighted by molar-refractivity contribution is 7.15. The fourth-order valence-electron chi connectivity index (χ4n) is 1.54. The minimum atomic E-state index is 0.227. The number of hydrogen-bond donors (Lipinski definition) is 3. The van der Waals surface area contributed by atoms with E-state index in [1.807, 2.05) is 12.3 Å². The number of aryl methyl sites for hydroxylation is 1. The van der Waals surface area contributed by atoms with Crippen molar-refractivity contribution >= 4 is 33.7 Å². The van der Waals surface area contributed by atoms with Crippen LogP contribution in [0.15, 0.2) is 5.38 Å². The molecule has 18 heavy (non-hydrogen) atoms. The number of aliphatic hydroxyl groups excluding tert-OH is 1. The predicted molar refractivity (Wildman–Crippen MR) is 77.2 cm³/mol. The van der Waals surface area contributed by atoms with Gasteiger partial charge in [-0.25, -0.2) is 4.98 Å². The van der Waals surface area contributed by atoms with Crippen LogP contribution in [-0.4, -0.2) is 27.6 Å². The van der Waals surface area contributed by atoms with E-state index in [-0.39, 0.29) is 6.61 Å². The third-order valence-electron chi connectivity index (χ3n) is 2.42. The zero-order valence-electron chi connectivity index (χ0n) is 10.1. The highest BCUT2D eigenvalue weighted by Gasteiger charge is 2.16. The summed E-state index contributed by atoms with van der Waals surface area (Å²) in [6, 6.07) is 0. The van der Waals surface area contributed by atoms with E-state index in [9.17, 15) is 0 Å². The summed E-state index contributed by atoms with van der Waals surface area (Å²) in [5.74, 6) is 0.527. The van der Waals surface area contributed by atoms with E-state index < -0.39 is 0 Å². The molecule has 0 amide bonds. The van der Waals surface area contributed by atoms with Gasteiger partial charge in [0.05, 0.1) is 5.56 Å². The van der Waals surface area contributed by atoms with Crippen LogP contribution in [0.5, 0.6) is 0 Å². The summed E-state index contributed by atoms with van der Waals surface area (Å²) in [4.78, 5) is 4.44. The van der Waals surface area contributed by atoms with Gasteiger partial charge in [-0.2, -0.15) is 4.37 Å². The second-order valence-electron chi connectivity index (χ2n) is 3.92. The lowest BCUT2D eigenvalue weighted by molar-refractivity contribution is 0.286. The molecule has 0 aromatic carbocycles. The van der Waals surface area contributed by atoms with Gasteiger partial charge in [0.25, 0.3) is 0 Å². The van der Waals surface area contributed by atoms with E-state index in [0.717, 1.165) is 40.7 Å². The Kier molecular flexibility index (Phi) is 4.51. The van der Waals surface area contributed by atoms with Crippen molar-refractivity contribution in [3.8, 4) is 10.6 Å². The second-order valence-corrected chi connectivity index (χ2v) is 5.55. The lowest BCUT2D eigenvalue weighted by Gasteiger charge is -2.04. The van der Waals surface area contributed by atoms with E-state index in [2.05, 4.69) is 14.7 Å². The molecular weight excluding hydrogens is 268 g/mol. The first-order valence-electron chi connectivity index (χ1n) is 5.74. The maximum atomic E-state index is 8.74. The molecule has 5 nitrogen and oxygen atoms in total. The number of hydrogen-bond acceptors (Lipinski definition) is 7. The predicted octanol–water partition coefficient (Wildman–Crippen LogP) is 2.34. The van der Waals surface area contributed by atoms with E-state index in [1.165, 1.54) is 11.5 Å². The number of thiazole rings is 1. The largest absolute Gasteiger partial charge is 0.396 e. The third kappa shape index (κ3) is 2.98. The molecule has 0 radical (unpaired) electrons. The molecule has 2 heterocycles. The second kappa shape index (κ2) is 6.12. The highest BCUT2D eigenvalue weighted by atomic mass is 32.1. The summed E-state index contributed by atoms with van der Waals surface area (Å²) in [5.41, 5.74) is 7.80. The van der Waals surface area contributed by atoms with Gasteiger partial charge in [0.1, 0.15) is 15.8 Å². The van der Waals surface area contributed by atoms with Crippen molar-refractivity contribution in [2.45, 2.75) is 19.8 Å². The summed E-state index contributed by atoms with van der Waals surface area (Å²) in [5, 5.41) is 15.9. The van der Waals surface area contributed by atoms with Gasteiger partial charge >= 0.3 is 0 Å². The first-order chi connectivity index (χ1) is 8.72. The van der Waals surface area contributed by atoms with E-state index in [4.69, 9.17) is 10.8 Å². The maximum absolute atomic E-state index is 8.74. The lowest BCUT2D eigenvalue weighted by atomic mass is 10.3. The average molecular weight is 284 g/mol. The van der Waals surface area contributed by atoms with Gasteiger partial charge in [-0.1, -0.05) is 0 Å². The topological polar surface area (TPSA) is 84.1 Å². The van der Waals surface area contributed by atoms with Crippen LogP contribution in [0.1, 0.15) is 18.5 Å². The Hall–Kier alpha value is -1.18. The van der Waals surface area contributed by atoms with E-state index in [1.54, 1.807) is 11.3 Å². The molecule has 0 atom stereocenters. The Morgan fingerprint density at radius 2 is 2.28 bits per heavy atom. The molecule has 0 fully saturated rings. The number of nitrogen functional groups attached to an aromatic ring is 1. The molecule has 4 N–H and O–H groups in total. The van der Waals surface area contributed by atoms with Crippen molar-refractivity contribution in [2.75, 3.05) is 24.2 Å². The summed E-state index contributed by atoms with van der Waals surface area (Å²) in [6.07, 6.45) is 1.72. The standard InChI is InChI=1S/C11H16N4OS2/c1-7-6-17-11(14-7)8-9(12)15-18-10(8)13-4-2-3-5-16/h6,13,16H,2-5H2,1H3,(H2,12,15). The van der Waals surface area contributed by atoms with Crippen molar-refractivity contribution < 1.29 is 5.11 Å². The van der Waals surface area contributed by atoms with Crippen molar-refractivity contribution in [3.63, 3.8) is 0 Å². The molecule has 0 bridgehead atoms. The number of unbranched alkanes of at least 4 members (excludes halogenated alkanes) is 1. The van der Waals surface area contributed by atoms with Crippen LogP contribution in [0.2, 0.25) is 0 Å². The van der Waals surface area contributed by atoms with Gasteiger partial charge in [-0.3, -0.25) is 0 Å². The molecule has 0 saturated heterocycles. The summed E-state index contributed by atoms with van der Waals surface area (Å²) in [7, 11) is 0. The van der Waals surface area contributed by atoms with Gasteiger partial charge in [-0.15, -0.1) is 11.3 Å². The van der Waals surface area contributed by atoms with Gasteiger partial charge in [-0.05, 0) is 31.3 Å². The zero-order valence-corrected chi connectivity index (χ0v) is 11.8. The fraction of sp³-hybridized carbons (Fsp3) is 0.455. The number of anilines is 2. The monoisotopic (exact) mass is 284 g/mol. The van der Waals surface area contributed by atoms with Gasteiger partial charge in [0.2, 0.25) is 0 Å². The Bertz CT molecular complexity index is 509. The third-order valence-corrected chi connectivity index (χ3v) is 4.22. The molecule has 0 aliphatic heterocycles. The van der Waals surface area contributed by atoms with E-state index in [0.29, 0.717) is 5.82 Å². The summed E-state index contributed by atoms with van der Waals surface area (Å²) in [6.45, 7) is 2.99. The number of rotatable bonds is 6. The first kappa shape index (κ1) is 13.3. The molecule has 0 aliphatic rings. The average Bonchev–Trinajstić information content (AvgIpc) is 2.91. The van der Waals surface area contributed by atoms with Gasteiger partial charge < -0.3 is 16.2 Å². The molecule has 7 heteroatoms. The van der Waals surface area contributed by atoms with Crippen LogP contribution in [0, 0.1) is 6.92 Å². The van der Waals surface area contributed by atoms with Crippen LogP contribution in [0.25, 0.3) is 10.6 Å². The maximum Gasteiger partial charge on any atom is 0.149 e. The molecule has 0 spiro atoms. The van der Waals surface area contributed by atoms with Crippen LogP contribution in [0.4, 0.5) is 10.8 Å². The number of nitrogens with two attached hydrogens (primary N) is 1. The SMILES string of the molecule is Cc1csc(-c2c(N)nsc2NCCCCO)n1. The molecule has 0 saturated carbocycles. The highest BCUT2D eigenvalue weighted by Crippen LogP contribution is 2.38. The Morgan fingerprint density at radius 3 is 2.94 bits per heavy atom. The van der Waals surface area contributed by atoms with Crippen LogP contribution >= 0.6 is 22.9 Å². The summed E-state index contributed by atoms with van der Waals surface area (Å²) < 4.78 is 4.18. The molecule has 2 aromatic rings.